The molecule has 0 saturated heterocycles. The lowest BCUT2D eigenvalue weighted by molar-refractivity contribution is 0.0503. The van der Waals surface area contributed by atoms with Crippen LogP contribution in [0.3, 0.4) is 0 Å². The molecule has 2 aromatic rings. The Bertz CT molecular complexity index is 786. The summed E-state index contributed by atoms with van der Waals surface area (Å²) in [4.78, 5) is 24.5. The number of hydrogen-bond donors (Lipinski definition) is 0. The quantitative estimate of drug-likeness (QED) is 0.464. The summed E-state index contributed by atoms with van der Waals surface area (Å²) in [7, 11) is 0. The van der Waals surface area contributed by atoms with Crippen molar-refractivity contribution in [2.24, 2.45) is 0 Å². The Morgan fingerprint density at radius 2 is 1.85 bits per heavy atom. The minimum atomic E-state index is -0.568. The number of ether oxygens (including phenoxy) is 3. The Morgan fingerprint density at radius 1 is 1.08 bits per heavy atom. The van der Waals surface area contributed by atoms with Crippen molar-refractivity contribution in [2.45, 2.75) is 33.3 Å². The predicted molar refractivity (Wildman–Crippen MR) is 102 cm³/mol. The van der Waals surface area contributed by atoms with Gasteiger partial charge in [0.25, 0.3) is 0 Å². The van der Waals surface area contributed by atoms with Crippen molar-refractivity contribution in [3.63, 3.8) is 0 Å². The van der Waals surface area contributed by atoms with E-state index in [1.807, 2.05) is 20.8 Å². The maximum atomic E-state index is 12.6. The highest BCUT2D eigenvalue weighted by Crippen LogP contribution is 2.26. The summed E-state index contributed by atoms with van der Waals surface area (Å²) >= 11 is 3.35. The van der Waals surface area contributed by atoms with Crippen LogP contribution < -0.4 is 9.47 Å². The van der Waals surface area contributed by atoms with Crippen LogP contribution in [0.2, 0.25) is 0 Å². The highest BCUT2D eigenvalue weighted by Gasteiger charge is 2.17. The predicted octanol–water partition coefficient (Wildman–Crippen LogP) is 5.02. The minimum absolute atomic E-state index is 0.0839. The van der Waals surface area contributed by atoms with Crippen LogP contribution in [-0.4, -0.2) is 24.6 Å². The molecule has 0 saturated carbocycles. The van der Waals surface area contributed by atoms with Crippen LogP contribution in [0, 0.1) is 0 Å². The Labute approximate surface area is 161 Å². The molecule has 0 aromatic heterocycles. The van der Waals surface area contributed by atoms with Crippen LogP contribution in [0.25, 0.3) is 0 Å². The smallest absolute Gasteiger partial charge is 0.347 e. The van der Waals surface area contributed by atoms with Gasteiger partial charge in [0.15, 0.2) is 0 Å². The van der Waals surface area contributed by atoms with E-state index in [1.54, 1.807) is 36.4 Å². The van der Waals surface area contributed by atoms with Gasteiger partial charge in [-0.1, -0.05) is 28.9 Å². The molecule has 0 aliphatic heterocycles. The summed E-state index contributed by atoms with van der Waals surface area (Å²) in [6.07, 6.45) is 0.654. The summed E-state index contributed by atoms with van der Waals surface area (Å²) in [6.45, 7) is 6.02. The number of esters is 2. The number of rotatable bonds is 7. The van der Waals surface area contributed by atoms with Gasteiger partial charge in [-0.05, 0) is 56.7 Å². The van der Waals surface area contributed by atoms with Gasteiger partial charge in [-0.25, -0.2) is 9.59 Å². The Hall–Kier alpha value is -2.34. The molecule has 0 amide bonds. The molecule has 0 bridgehead atoms. The Balaban J connectivity index is 2.20. The first-order valence-electron chi connectivity index (χ1n) is 8.36. The van der Waals surface area contributed by atoms with E-state index in [1.165, 1.54) is 6.07 Å². The first-order valence-corrected chi connectivity index (χ1v) is 9.15. The van der Waals surface area contributed by atoms with Gasteiger partial charge in [-0.15, -0.1) is 0 Å². The second-order valence-electron chi connectivity index (χ2n) is 5.86. The lowest BCUT2D eigenvalue weighted by Crippen LogP contribution is -2.14. The highest BCUT2D eigenvalue weighted by atomic mass is 79.9. The third-order valence-corrected chi connectivity index (χ3v) is 3.74. The molecule has 0 aliphatic carbocycles. The van der Waals surface area contributed by atoms with Gasteiger partial charge < -0.3 is 14.2 Å². The molecular weight excluding hydrogens is 400 g/mol. The molecule has 2 aromatic carbocycles. The molecule has 0 N–H and O–H groups in total. The van der Waals surface area contributed by atoms with Gasteiger partial charge in [0.1, 0.15) is 17.1 Å². The average molecular weight is 421 g/mol. The molecule has 26 heavy (non-hydrogen) atoms. The number of carbonyl (C=O) groups is 2. The van der Waals surface area contributed by atoms with Crippen molar-refractivity contribution < 1.29 is 23.8 Å². The molecule has 0 fully saturated rings. The average Bonchev–Trinajstić information content (AvgIpc) is 2.61. The van der Waals surface area contributed by atoms with Crippen molar-refractivity contribution in [3.8, 4) is 11.5 Å². The zero-order valence-corrected chi connectivity index (χ0v) is 16.5. The summed E-state index contributed by atoms with van der Waals surface area (Å²) in [6, 6.07) is 11.5. The van der Waals surface area contributed by atoms with Crippen LogP contribution in [0.4, 0.5) is 0 Å². The fraction of sp³-hybridized carbons (Fsp3) is 0.300. The van der Waals surface area contributed by atoms with Crippen molar-refractivity contribution in [3.05, 3.63) is 58.1 Å². The maximum Gasteiger partial charge on any atom is 0.347 e. The second-order valence-corrected chi connectivity index (χ2v) is 6.78. The molecule has 0 spiro atoms. The molecule has 0 atom stereocenters. The van der Waals surface area contributed by atoms with Crippen molar-refractivity contribution in [1.29, 1.82) is 0 Å². The SMILES string of the molecule is CCCOC(=O)c1cccc(OC(=O)c2cc(Br)ccc2OC(C)C)c1. The van der Waals surface area contributed by atoms with Gasteiger partial charge in [-0.2, -0.15) is 0 Å². The number of benzene rings is 2. The van der Waals surface area contributed by atoms with Gasteiger partial charge in [0, 0.05) is 4.47 Å². The van der Waals surface area contributed by atoms with Crippen molar-refractivity contribution >= 4 is 27.9 Å². The standard InChI is InChI=1S/C20H21BrO5/c1-4-10-24-19(22)14-6-5-7-16(11-14)26-20(23)17-12-15(21)8-9-18(17)25-13(2)3/h5-9,11-13H,4,10H2,1-3H3. The molecule has 0 unspecified atom stereocenters. The first-order chi connectivity index (χ1) is 12.4. The number of halogens is 1. The van der Waals surface area contributed by atoms with E-state index in [2.05, 4.69) is 15.9 Å². The molecule has 5 nitrogen and oxygen atoms in total. The third-order valence-electron chi connectivity index (χ3n) is 3.24. The molecule has 2 rings (SSSR count). The van der Waals surface area contributed by atoms with Crippen molar-refractivity contribution in [2.75, 3.05) is 6.61 Å². The van der Waals surface area contributed by atoms with Gasteiger partial charge in [-0.3, -0.25) is 0 Å². The summed E-state index contributed by atoms with van der Waals surface area (Å²) in [5.41, 5.74) is 0.628. The minimum Gasteiger partial charge on any atom is -0.490 e. The molecule has 138 valence electrons. The second kappa shape index (κ2) is 9.38. The highest BCUT2D eigenvalue weighted by molar-refractivity contribution is 9.10. The fourth-order valence-corrected chi connectivity index (χ4v) is 2.51. The molecule has 0 radical (unpaired) electrons. The third kappa shape index (κ3) is 5.59. The largest absolute Gasteiger partial charge is 0.490 e. The van der Waals surface area contributed by atoms with E-state index in [0.29, 0.717) is 23.5 Å². The molecular formula is C20H21BrO5. The zero-order valence-electron chi connectivity index (χ0n) is 15.0. The van der Waals surface area contributed by atoms with Gasteiger partial charge >= 0.3 is 11.9 Å². The van der Waals surface area contributed by atoms with Crippen LogP contribution in [0.15, 0.2) is 46.9 Å². The summed E-state index contributed by atoms with van der Waals surface area (Å²) in [5.74, 6) is -0.319. The fourth-order valence-electron chi connectivity index (χ4n) is 2.15. The Morgan fingerprint density at radius 3 is 2.54 bits per heavy atom. The molecule has 0 heterocycles. The zero-order chi connectivity index (χ0) is 19.1. The van der Waals surface area contributed by atoms with E-state index in [0.717, 1.165) is 10.9 Å². The van der Waals surface area contributed by atoms with E-state index < -0.39 is 11.9 Å². The normalized spacial score (nSPS) is 10.5. The van der Waals surface area contributed by atoms with Crippen LogP contribution >= 0.6 is 15.9 Å². The van der Waals surface area contributed by atoms with Crippen LogP contribution in [0.1, 0.15) is 47.9 Å². The number of hydrogen-bond acceptors (Lipinski definition) is 5. The van der Waals surface area contributed by atoms with E-state index in [9.17, 15) is 9.59 Å². The molecule has 6 heteroatoms. The van der Waals surface area contributed by atoms with Crippen LogP contribution in [-0.2, 0) is 4.74 Å². The molecule has 0 aliphatic rings. The summed E-state index contributed by atoms with van der Waals surface area (Å²) < 4.78 is 16.9. The van der Waals surface area contributed by atoms with Gasteiger partial charge in [0.05, 0.1) is 18.3 Å². The van der Waals surface area contributed by atoms with Crippen LogP contribution in [0.5, 0.6) is 11.5 Å². The van der Waals surface area contributed by atoms with E-state index in [-0.39, 0.29) is 11.9 Å². The maximum absolute atomic E-state index is 12.6. The summed E-state index contributed by atoms with van der Waals surface area (Å²) in [5, 5.41) is 0. The topological polar surface area (TPSA) is 61.8 Å². The van der Waals surface area contributed by atoms with Crippen molar-refractivity contribution in [1.82, 2.24) is 0 Å². The van der Waals surface area contributed by atoms with E-state index >= 15 is 0 Å². The Kier molecular flexibility index (Phi) is 7.21. The van der Waals surface area contributed by atoms with E-state index in [4.69, 9.17) is 14.2 Å². The lowest BCUT2D eigenvalue weighted by atomic mass is 10.2. The first kappa shape index (κ1) is 20.0. The number of carbonyl (C=O) groups excluding carboxylic acids is 2. The van der Waals surface area contributed by atoms with Gasteiger partial charge in [0.2, 0.25) is 0 Å². The lowest BCUT2D eigenvalue weighted by Gasteiger charge is -2.14. The monoisotopic (exact) mass is 420 g/mol.